The van der Waals surface area contributed by atoms with Gasteiger partial charge in [-0.15, -0.1) is 0 Å². The molecule has 0 radical (unpaired) electrons. The Balaban J connectivity index is 1.49. The first-order valence-corrected chi connectivity index (χ1v) is 13.0. The van der Waals surface area contributed by atoms with Crippen LogP contribution in [0, 0.1) is 0 Å². The van der Waals surface area contributed by atoms with Crippen LogP contribution in [0.4, 0.5) is 13.2 Å². The van der Waals surface area contributed by atoms with Crippen LogP contribution >= 0.6 is 0 Å². The summed E-state index contributed by atoms with van der Waals surface area (Å²) in [5, 5.41) is 18.9. The van der Waals surface area contributed by atoms with E-state index in [0.717, 1.165) is 16.5 Å². The minimum absolute atomic E-state index is 0.157. The maximum absolute atomic E-state index is 13.3. The van der Waals surface area contributed by atoms with E-state index in [0.29, 0.717) is 41.5 Å². The van der Waals surface area contributed by atoms with Crippen LogP contribution < -0.4 is 4.74 Å². The molecule has 3 aromatic carbocycles. The number of alkyl halides is 3. The standard InChI is InChI=1S/C30H28F3N3O4/c1-2-39-29(38)28-21(13-7-15-40-25-14-5-9-18-8-3-4-10-19(18)25)20-11-6-12-22(27(20)34-28)26-23(16-30(31,32)33)35-36-24(26)17-37/h3-6,8-12,14,34,37H,2,7,13,15-17H2,1H3,(H,35,36). The molecule has 208 valence electrons. The molecule has 0 atom stereocenters. The number of aliphatic hydroxyl groups is 1. The number of nitrogens with zero attached hydrogens (tertiary/aromatic N) is 1. The molecule has 0 aliphatic heterocycles. The Morgan fingerprint density at radius 1 is 1.02 bits per heavy atom. The van der Waals surface area contributed by atoms with Crippen LogP contribution in [0.5, 0.6) is 5.75 Å². The zero-order valence-corrected chi connectivity index (χ0v) is 21.8. The van der Waals surface area contributed by atoms with Crippen molar-refractivity contribution in [3.8, 4) is 16.9 Å². The number of ether oxygens (including phenoxy) is 2. The lowest BCUT2D eigenvalue weighted by Crippen LogP contribution is -2.12. The number of hydrogen-bond donors (Lipinski definition) is 3. The summed E-state index contributed by atoms with van der Waals surface area (Å²) in [4.78, 5) is 16.0. The molecule has 0 bridgehead atoms. The highest BCUT2D eigenvalue weighted by Gasteiger charge is 2.32. The summed E-state index contributed by atoms with van der Waals surface area (Å²) in [5.41, 5.74) is 1.87. The first kappa shape index (κ1) is 27.3. The van der Waals surface area contributed by atoms with Gasteiger partial charge >= 0.3 is 12.1 Å². The van der Waals surface area contributed by atoms with Gasteiger partial charge in [0.25, 0.3) is 0 Å². The van der Waals surface area contributed by atoms with Gasteiger partial charge in [-0.05, 0) is 36.8 Å². The van der Waals surface area contributed by atoms with Crippen LogP contribution in [0.25, 0.3) is 32.8 Å². The second-order valence-corrected chi connectivity index (χ2v) is 9.33. The molecular weight excluding hydrogens is 523 g/mol. The van der Waals surface area contributed by atoms with Gasteiger partial charge in [-0.2, -0.15) is 18.3 Å². The van der Waals surface area contributed by atoms with E-state index in [1.807, 2.05) is 42.5 Å². The average Bonchev–Trinajstić information content (AvgIpc) is 3.51. The SMILES string of the molecule is CCOC(=O)c1[nH]c2c(-c3c(CC(F)(F)F)n[nH]c3CO)cccc2c1CCCOc1cccc2ccccc12. The number of H-pyrrole nitrogens is 2. The molecule has 5 aromatic rings. The van der Waals surface area contributed by atoms with Crippen molar-refractivity contribution in [2.75, 3.05) is 13.2 Å². The number of halogens is 3. The van der Waals surface area contributed by atoms with E-state index < -0.39 is 25.2 Å². The molecule has 0 amide bonds. The predicted octanol–water partition coefficient (Wildman–Crippen LogP) is 6.50. The summed E-state index contributed by atoms with van der Waals surface area (Å²) in [6.45, 7) is 1.72. The van der Waals surface area contributed by atoms with E-state index in [-0.39, 0.29) is 29.3 Å². The Bertz CT molecular complexity index is 1650. The Kier molecular flexibility index (Phi) is 7.79. The molecule has 2 heterocycles. The van der Waals surface area contributed by atoms with Gasteiger partial charge in [-0.25, -0.2) is 4.79 Å². The zero-order valence-electron chi connectivity index (χ0n) is 21.8. The van der Waals surface area contributed by atoms with E-state index in [1.165, 1.54) is 0 Å². The smallest absolute Gasteiger partial charge is 0.394 e. The van der Waals surface area contributed by atoms with Crippen molar-refractivity contribution in [1.82, 2.24) is 15.2 Å². The number of hydrogen-bond acceptors (Lipinski definition) is 5. The van der Waals surface area contributed by atoms with Gasteiger partial charge in [0.2, 0.25) is 0 Å². The zero-order chi connectivity index (χ0) is 28.3. The van der Waals surface area contributed by atoms with Crippen molar-refractivity contribution in [1.29, 1.82) is 0 Å². The lowest BCUT2D eigenvalue weighted by molar-refractivity contribution is -0.127. The maximum atomic E-state index is 13.3. The summed E-state index contributed by atoms with van der Waals surface area (Å²) in [6.07, 6.45) is -4.74. The quantitative estimate of drug-likeness (QED) is 0.136. The number of para-hydroxylation sites is 1. The van der Waals surface area contributed by atoms with Crippen LogP contribution in [-0.4, -0.2) is 45.6 Å². The number of carbonyl (C=O) groups is 1. The summed E-state index contributed by atoms with van der Waals surface area (Å²) in [6, 6.07) is 18.9. The minimum atomic E-state index is -4.49. The van der Waals surface area contributed by atoms with E-state index in [4.69, 9.17) is 9.47 Å². The molecule has 0 saturated carbocycles. The fraction of sp³-hybridized carbons (Fsp3) is 0.267. The fourth-order valence-electron chi connectivity index (χ4n) is 5.04. The van der Waals surface area contributed by atoms with Crippen LogP contribution in [-0.2, 0) is 24.2 Å². The number of aliphatic hydroxyl groups excluding tert-OH is 1. The van der Waals surface area contributed by atoms with Gasteiger partial charge in [0.05, 0.1) is 43.1 Å². The third-order valence-corrected chi connectivity index (χ3v) is 6.71. The molecule has 2 aromatic heterocycles. The highest BCUT2D eigenvalue weighted by atomic mass is 19.4. The Morgan fingerprint density at radius 2 is 1.77 bits per heavy atom. The molecule has 0 fully saturated rings. The number of benzene rings is 3. The van der Waals surface area contributed by atoms with E-state index in [1.54, 1.807) is 25.1 Å². The van der Waals surface area contributed by atoms with Crippen molar-refractivity contribution < 1.29 is 32.5 Å². The molecule has 7 nitrogen and oxygen atoms in total. The predicted molar refractivity (Wildman–Crippen MR) is 145 cm³/mol. The molecule has 40 heavy (non-hydrogen) atoms. The highest BCUT2D eigenvalue weighted by Crippen LogP contribution is 2.37. The number of nitrogens with one attached hydrogen (secondary N) is 2. The van der Waals surface area contributed by atoms with Crippen molar-refractivity contribution in [3.05, 3.63) is 83.3 Å². The van der Waals surface area contributed by atoms with Crippen LogP contribution in [0.3, 0.4) is 0 Å². The van der Waals surface area contributed by atoms with Crippen LogP contribution in [0.1, 0.15) is 40.8 Å². The van der Waals surface area contributed by atoms with E-state index >= 15 is 0 Å². The van der Waals surface area contributed by atoms with Crippen LogP contribution in [0.15, 0.2) is 60.7 Å². The number of fused-ring (bicyclic) bond motifs is 2. The highest BCUT2D eigenvalue weighted by molar-refractivity contribution is 6.04. The van der Waals surface area contributed by atoms with Crippen molar-refractivity contribution >= 4 is 27.6 Å². The third-order valence-electron chi connectivity index (χ3n) is 6.71. The first-order valence-electron chi connectivity index (χ1n) is 13.0. The van der Waals surface area contributed by atoms with Gasteiger partial charge in [-0.1, -0.05) is 54.6 Å². The lowest BCUT2D eigenvalue weighted by Gasteiger charge is -2.10. The Morgan fingerprint density at radius 3 is 2.55 bits per heavy atom. The number of rotatable bonds is 10. The number of carbonyl (C=O) groups excluding carboxylic acids is 1. The summed E-state index contributed by atoms with van der Waals surface area (Å²) in [7, 11) is 0. The molecule has 3 N–H and O–H groups in total. The second-order valence-electron chi connectivity index (χ2n) is 9.33. The molecule has 0 unspecified atom stereocenters. The van der Waals surface area contributed by atoms with Gasteiger partial charge in [0.15, 0.2) is 0 Å². The van der Waals surface area contributed by atoms with E-state index in [2.05, 4.69) is 15.2 Å². The second kappa shape index (κ2) is 11.4. The fourth-order valence-corrected chi connectivity index (χ4v) is 5.04. The summed E-state index contributed by atoms with van der Waals surface area (Å²) in [5.74, 6) is 0.207. The van der Waals surface area contributed by atoms with Crippen LogP contribution in [0.2, 0.25) is 0 Å². The van der Waals surface area contributed by atoms with Crippen molar-refractivity contribution in [2.24, 2.45) is 0 Å². The molecule has 10 heteroatoms. The average molecular weight is 552 g/mol. The monoisotopic (exact) mass is 551 g/mol. The van der Waals surface area contributed by atoms with Crippen molar-refractivity contribution in [3.63, 3.8) is 0 Å². The largest absolute Gasteiger partial charge is 0.493 e. The van der Waals surface area contributed by atoms with Gasteiger partial charge in [-0.3, -0.25) is 5.10 Å². The topological polar surface area (TPSA) is 100 Å². The lowest BCUT2D eigenvalue weighted by atomic mass is 9.97. The van der Waals surface area contributed by atoms with Gasteiger partial charge < -0.3 is 19.6 Å². The first-order chi connectivity index (χ1) is 19.3. The number of aryl methyl sites for hydroxylation is 1. The number of aromatic nitrogens is 3. The molecule has 0 aliphatic carbocycles. The van der Waals surface area contributed by atoms with E-state index in [9.17, 15) is 23.1 Å². The molecule has 0 spiro atoms. The third kappa shape index (κ3) is 5.53. The molecule has 0 saturated heterocycles. The Labute approximate surface area is 227 Å². The molecule has 0 aliphatic rings. The number of esters is 1. The summed E-state index contributed by atoms with van der Waals surface area (Å²) < 4.78 is 51.3. The van der Waals surface area contributed by atoms with Gasteiger partial charge in [0, 0.05) is 21.9 Å². The molecule has 5 rings (SSSR count). The minimum Gasteiger partial charge on any atom is -0.493 e. The van der Waals surface area contributed by atoms with Gasteiger partial charge in [0.1, 0.15) is 11.4 Å². The maximum Gasteiger partial charge on any atom is 0.394 e. The Hall–Kier alpha value is -4.31. The number of aromatic amines is 2. The van der Waals surface area contributed by atoms with Crippen molar-refractivity contribution in [2.45, 2.75) is 39.0 Å². The normalized spacial score (nSPS) is 11.8. The summed E-state index contributed by atoms with van der Waals surface area (Å²) >= 11 is 0. The molecular formula is C30H28F3N3O4.